The Morgan fingerprint density at radius 2 is 2.06 bits per heavy atom. The molecule has 0 aliphatic carbocycles. The van der Waals surface area contributed by atoms with Crippen molar-refractivity contribution >= 4 is 27.8 Å². The molecule has 1 fully saturated rings. The molecule has 2 aromatic carbocycles. The summed E-state index contributed by atoms with van der Waals surface area (Å²) in [6.07, 6.45) is 4.10. The largest absolute Gasteiger partial charge is 0.494 e. The van der Waals surface area contributed by atoms with Crippen LogP contribution in [0.15, 0.2) is 42.5 Å². The van der Waals surface area contributed by atoms with Crippen molar-refractivity contribution in [3.8, 4) is 17.3 Å². The lowest BCUT2D eigenvalue weighted by molar-refractivity contribution is 0.0708. The zero-order valence-corrected chi connectivity index (χ0v) is 20.3. The molecule has 0 saturated carbocycles. The number of benzene rings is 2. The maximum atomic E-state index is 13.3. The molecule has 5 rings (SSSR count). The molecule has 0 spiro atoms. The number of methoxy groups -OCH3 is 1. The van der Waals surface area contributed by atoms with E-state index in [1.54, 1.807) is 7.11 Å². The second-order valence-electron chi connectivity index (χ2n) is 9.29. The molecule has 1 aliphatic rings. The Morgan fingerprint density at radius 3 is 2.82 bits per heavy atom. The molecule has 1 amide bonds. The number of aryl methyl sites for hydroxylation is 2. The maximum absolute atomic E-state index is 13.3. The number of carbonyl (C=O) groups is 1. The topological polar surface area (TPSA) is 78.3 Å². The molecule has 7 nitrogen and oxygen atoms in total. The van der Waals surface area contributed by atoms with Gasteiger partial charge in [0.1, 0.15) is 11.3 Å². The van der Waals surface area contributed by atoms with E-state index in [1.165, 1.54) is 10.9 Å². The summed E-state index contributed by atoms with van der Waals surface area (Å²) in [6.45, 7) is 4.46. The van der Waals surface area contributed by atoms with E-state index in [0.29, 0.717) is 17.9 Å². The van der Waals surface area contributed by atoms with Crippen molar-refractivity contribution in [1.82, 2.24) is 19.0 Å². The van der Waals surface area contributed by atoms with Gasteiger partial charge < -0.3 is 24.5 Å². The Balaban J connectivity index is 1.63. The number of carbonyl (C=O) groups excluding carboxylic acids is 1. The number of imidazole rings is 1. The number of para-hydroxylation sites is 1. The molecule has 1 atom stereocenters. The van der Waals surface area contributed by atoms with Gasteiger partial charge in [-0.3, -0.25) is 4.79 Å². The van der Waals surface area contributed by atoms with Gasteiger partial charge in [-0.1, -0.05) is 31.5 Å². The highest BCUT2D eigenvalue weighted by Gasteiger charge is 2.25. The Labute approximate surface area is 200 Å². The van der Waals surface area contributed by atoms with Gasteiger partial charge in [0.15, 0.2) is 5.82 Å². The molecule has 3 heterocycles. The molecule has 0 bridgehead atoms. The summed E-state index contributed by atoms with van der Waals surface area (Å²) in [5.74, 6) is 1.50. The van der Waals surface area contributed by atoms with Crippen molar-refractivity contribution in [2.24, 2.45) is 12.8 Å². The van der Waals surface area contributed by atoms with Crippen LogP contribution in [0.1, 0.15) is 43.0 Å². The summed E-state index contributed by atoms with van der Waals surface area (Å²) < 4.78 is 10.2. The minimum Gasteiger partial charge on any atom is -0.494 e. The number of hydrogen-bond donors (Lipinski definition) is 1. The molecular weight excluding hydrogens is 426 g/mol. The van der Waals surface area contributed by atoms with Crippen molar-refractivity contribution in [1.29, 1.82) is 0 Å². The van der Waals surface area contributed by atoms with Gasteiger partial charge in [0.05, 0.1) is 18.3 Å². The summed E-state index contributed by atoms with van der Waals surface area (Å²) in [4.78, 5) is 20.2. The fourth-order valence-corrected chi connectivity index (χ4v) is 5.15. The Bertz CT molecular complexity index is 1350. The molecule has 4 aromatic rings. The van der Waals surface area contributed by atoms with E-state index in [9.17, 15) is 4.79 Å². The Hall–Kier alpha value is -3.32. The van der Waals surface area contributed by atoms with Gasteiger partial charge in [-0.25, -0.2) is 4.98 Å². The fourth-order valence-electron chi connectivity index (χ4n) is 5.15. The van der Waals surface area contributed by atoms with Crippen LogP contribution in [0.3, 0.4) is 0 Å². The minimum absolute atomic E-state index is 0.0142. The summed E-state index contributed by atoms with van der Waals surface area (Å²) in [7, 11) is 3.66. The van der Waals surface area contributed by atoms with Crippen LogP contribution in [-0.4, -0.2) is 51.2 Å². The van der Waals surface area contributed by atoms with E-state index >= 15 is 0 Å². The van der Waals surface area contributed by atoms with E-state index in [1.807, 2.05) is 24.1 Å². The number of unbranched alkanes of at least 4 members (excludes halogenated alkanes) is 1. The Kier molecular flexibility index (Phi) is 6.04. The molecule has 1 saturated heterocycles. The van der Waals surface area contributed by atoms with Crippen LogP contribution < -0.4 is 10.5 Å². The number of amides is 1. The molecule has 2 N–H and O–H groups in total. The first kappa shape index (κ1) is 22.5. The summed E-state index contributed by atoms with van der Waals surface area (Å²) in [5.41, 5.74) is 10.6. The van der Waals surface area contributed by atoms with Crippen LogP contribution in [0, 0.1) is 0 Å². The third-order valence-corrected chi connectivity index (χ3v) is 6.92. The number of rotatable bonds is 6. The van der Waals surface area contributed by atoms with Crippen molar-refractivity contribution < 1.29 is 9.53 Å². The molecular formula is C27H33N5O2. The van der Waals surface area contributed by atoms with Gasteiger partial charge in [-0.15, -0.1) is 0 Å². The quantitative estimate of drug-likeness (QED) is 0.458. The second kappa shape index (κ2) is 9.14. The molecule has 2 aromatic heterocycles. The molecule has 178 valence electrons. The zero-order valence-electron chi connectivity index (χ0n) is 20.3. The lowest BCUT2D eigenvalue weighted by Gasteiger charge is -2.30. The van der Waals surface area contributed by atoms with Crippen molar-refractivity contribution in [2.45, 2.75) is 45.2 Å². The summed E-state index contributed by atoms with van der Waals surface area (Å²) in [5, 5.41) is 1.20. The Morgan fingerprint density at radius 1 is 1.24 bits per heavy atom. The number of likely N-dealkylation sites (tertiary alicyclic amines) is 1. The first-order valence-electron chi connectivity index (χ1n) is 12.2. The first-order valence-corrected chi connectivity index (χ1v) is 12.2. The number of ether oxygens (including phenoxy) is 1. The normalized spacial score (nSPS) is 16.5. The van der Waals surface area contributed by atoms with E-state index in [0.717, 1.165) is 61.3 Å². The van der Waals surface area contributed by atoms with Crippen LogP contribution in [0.2, 0.25) is 0 Å². The highest BCUT2D eigenvalue weighted by Crippen LogP contribution is 2.34. The van der Waals surface area contributed by atoms with Crippen LogP contribution in [0.5, 0.6) is 5.75 Å². The number of aromatic nitrogens is 3. The minimum atomic E-state index is -0.0142. The van der Waals surface area contributed by atoms with Crippen molar-refractivity contribution in [3.05, 3.63) is 48.0 Å². The number of nitrogens with two attached hydrogens (primary N) is 1. The van der Waals surface area contributed by atoms with E-state index in [2.05, 4.69) is 46.4 Å². The van der Waals surface area contributed by atoms with Gasteiger partial charge in [0.25, 0.3) is 5.91 Å². The predicted molar refractivity (Wildman–Crippen MR) is 136 cm³/mol. The predicted octanol–water partition coefficient (Wildman–Crippen LogP) is 4.57. The van der Waals surface area contributed by atoms with Crippen molar-refractivity contribution in [3.63, 3.8) is 0 Å². The SMILES string of the molecule is CCCCn1c(-c2nc3cc(C(=O)N4CCC[C@@H](N)C4)cc(OC)c3n2C)cc2ccccc21. The first-order chi connectivity index (χ1) is 16.5. The van der Waals surface area contributed by atoms with Gasteiger partial charge in [0, 0.05) is 49.2 Å². The average Bonchev–Trinajstić information content (AvgIpc) is 3.38. The standard InChI is InChI=1S/C27H33N5O2/c1-4-5-13-32-22-11-7-6-9-18(22)15-23(32)26-29-21-14-19(16-24(34-3)25(21)30(26)2)27(33)31-12-8-10-20(28)17-31/h6-7,9,11,14-16,20H,4-5,8,10,12-13,17,28H2,1-3H3/t20-/m1/s1. The molecule has 0 unspecified atom stereocenters. The molecule has 7 heteroatoms. The highest BCUT2D eigenvalue weighted by molar-refractivity contribution is 6.00. The third kappa shape index (κ3) is 3.84. The molecule has 1 aliphatic heterocycles. The monoisotopic (exact) mass is 459 g/mol. The lowest BCUT2D eigenvalue weighted by Crippen LogP contribution is -2.45. The fraction of sp³-hybridized carbons (Fsp3) is 0.407. The van der Waals surface area contributed by atoms with Crippen LogP contribution in [0.4, 0.5) is 0 Å². The smallest absolute Gasteiger partial charge is 0.254 e. The number of nitrogens with zero attached hydrogens (tertiary/aromatic N) is 4. The van der Waals surface area contributed by atoms with Gasteiger partial charge in [0.2, 0.25) is 0 Å². The van der Waals surface area contributed by atoms with E-state index < -0.39 is 0 Å². The number of fused-ring (bicyclic) bond motifs is 2. The van der Waals surface area contributed by atoms with Crippen LogP contribution in [0.25, 0.3) is 33.5 Å². The maximum Gasteiger partial charge on any atom is 0.254 e. The molecule has 34 heavy (non-hydrogen) atoms. The van der Waals surface area contributed by atoms with Crippen LogP contribution >= 0.6 is 0 Å². The van der Waals surface area contributed by atoms with Gasteiger partial charge >= 0.3 is 0 Å². The van der Waals surface area contributed by atoms with E-state index in [-0.39, 0.29) is 11.9 Å². The number of piperidine rings is 1. The van der Waals surface area contributed by atoms with E-state index in [4.69, 9.17) is 15.5 Å². The zero-order chi connectivity index (χ0) is 23.8. The molecule has 0 radical (unpaired) electrons. The number of hydrogen-bond acceptors (Lipinski definition) is 4. The van der Waals surface area contributed by atoms with Crippen LogP contribution in [-0.2, 0) is 13.6 Å². The summed E-state index contributed by atoms with van der Waals surface area (Å²) in [6, 6.07) is 14.4. The average molecular weight is 460 g/mol. The summed E-state index contributed by atoms with van der Waals surface area (Å²) >= 11 is 0. The second-order valence-corrected chi connectivity index (χ2v) is 9.29. The highest BCUT2D eigenvalue weighted by atomic mass is 16.5. The van der Waals surface area contributed by atoms with Crippen molar-refractivity contribution in [2.75, 3.05) is 20.2 Å². The van der Waals surface area contributed by atoms with Gasteiger partial charge in [-0.2, -0.15) is 0 Å². The lowest BCUT2D eigenvalue weighted by atomic mass is 10.0. The van der Waals surface area contributed by atoms with Gasteiger partial charge in [-0.05, 0) is 43.5 Å². The third-order valence-electron chi connectivity index (χ3n) is 6.92.